The van der Waals surface area contributed by atoms with Crippen LogP contribution in [0, 0.1) is 0 Å². The molecule has 0 aromatic rings. The molecule has 0 aromatic heterocycles. The monoisotopic (exact) mass is 243 g/mol. The molecular formula is C8H18ClNO3S. The van der Waals surface area contributed by atoms with Crippen molar-refractivity contribution in [2.75, 3.05) is 24.7 Å². The first-order valence-electron chi connectivity index (χ1n) is 4.58. The molecule has 1 rings (SSSR count). The first-order chi connectivity index (χ1) is 6.04. The van der Waals surface area contributed by atoms with Crippen LogP contribution in [0.5, 0.6) is 0 Å². The zero-order chi connectivity index (χ0) is 9.95. The Morgan fingerprint density at radius 2 is 2.14 bits per heavy atom. The molecule has 1 atom stereocenters. The average molecular weight is 244 g/mol. The SMILES string of the molecule is CCOC1(CN)CCCS(=O)(=O)C1.Cl. The molecule has 0 amide bonds. The summed E-state index contributed by atoms with van der Waals surface area (Å²) in [6.45, 7) is 2.67. The Bertz CT molecular complexity index is 264. The molecule has 0 aromatic carbocycles. The van der Waals surface area contributed by atoms with Gasteiger partial charge in [-0.2, -0.15) is 0 Å². The maximum absolute atomic E-state index is 11.4. The van der Waals surface area contributed by atoms with E-state index in [0.29, 0.717) is 19.6 Å². The van der Waals surface area contributed by atoms with Gasteiger partial charge in [-0.3, -0.25) is 0 Å². The quantitative estimate of drug-likeness (QED) is 0.777. The Hall–Kier alpha value is 0.160. The maximum atomic E-state index is 11.4. The van der Waals surface area contributed by atoms with Gasteiger partial charge in [0.25, 0.3) is 0 Å². The zero-order valence-corrected chi connectivity index (χ0v) is 9.99. The van der Waals surface area contributed by atoms with Crippen LogP contribution in [0.1, 0.15) is 19.8 Å². The van der Waals surface area contributed by atoms with Crippen LogP contribution in [-0.2, 0) is 14.6 Å². The topological polar surface area (TPSA) is 69.4 Å². The van der Waals surface area contributed by atoms with Crippen molar-refractivity contribution in [3.8, 4) is 0 Å². The Morgan fingerprint density at radius 1 is 1.50 bits per heavy atom. The van der Waals surface area contributed by atoms with Gasteiger partial charge in [0, 0.05) is 13.2 Å². The highest BCUT2D eigenvalue weighted by Gasteiger charge is 2.38. The van der Waals surface area contributed by atoms with E-state index in [4.69, 9.17) is 10.5 Å². The smallest absolute Gasteiger partial charge is 0.153 e. The van der Waals surface area contributed by atoms with Gasteiger partial charge in [-0.15, -0.1) is 12.4 Å². The van der Waals surface area contributed by atoms with Gasteiger partial charge in [-0.05, 0) is 19.8 Å². The number of nitrogens with two attached hydrogens (primary N) is 1. The van der Waals surface area contributed by atoms with Crippen LogP contribution in [0.25, 0.3) is 0 Å². The molecule has 6 heteroatoms. The molecule has 14 heavy (non-hydrogen) atoms. The first kappa shape index (κ1) is 14.2. The highest BCUT2D eigenvalue weighted by atomic mass is 35.5. The molecule has 1 aliphatic rings. The van der Waals surface area contributed by atoms with E-state index in [0.717, 1.165) is 6.42 Å². The van der Waals surface area contributed by atoms with Crippen molar-refractivity contribution in [1.29, 1.82) is 0 Å². The summed E-state index contributed by atoms with van der Waals surface area (Å²) in [5.41, 5.74) is 4.95. The molecule has 1 saturated heterocycles. The van der Waals surface area contributed by atoms with Crippen LogP contribution in [-0.4, -0.2) is 38.7 Å². The summed E-state index contributed by atoms with van der Waals surface area (Å²) in [5.74, 6) is 0.367. The Balaban J connectivity index is 0.00000169. The van der Waals surface area contributed by atoms with Crippen molar-refractivity contribution < 1.29 is 13.2 Å². The van der Waals surface area contributed by atoms with Crippen LogP contribution < -0.4 is 5.73 Å². The number of hydrogen-bond acceptors (Lipinski definition) is 4. The van der Waals surface area contributed by atoms with Gasteiger partial charge in [0.15, 0.2) is 9.84 Å². The molecule has 4 nitrogen and oxygen atoms in total. The van der Waals surface area contributed by atoms with Crippen LogP contribution in [0.4, 0.5) is 0 Å². The van der Waals surface area contributed by atoms with E-state index in [-0.39, 0.29) is 23.9 Å². The molecule has 0 spiro atoms. The van der Waals surface area contributed by atoms with E-state index in [2.05, 4.69) is 0 Å². The third-order valence-corrected chi connectivity index (χ3v) is 4.27. The first-order valence-corrected chi connectivity index (χ1v) is 6.40. The van der Waals surface area contributed by atoms with E-state index >= 15 is 0 Å². The van der Waals surface area contributed by atoms with E-state index in [1.54, 1.807) is 0 Å². The van der Waals surface area contributed by atoms with Crippen molar-refractivity contribution in [2.24, 2.45) is 5.73 Å². The van der Waals surface area contributed by atoms with Crippen LogP contribution in [0.3, 0.4) is 0 Å². The van der Waals surface area contributed by atoms with Gasteiger partial charge in [-0.1, -0.05) is 0 Å². The number of halogens is 1. The van der Waals surface area contributed by atoms with Crippen LogP contribution in [0.15, 0.2) is 0 Å². The predicted molar refractivity (Wildman–Crippen MR) is 58.5 cm³/mol. The molecule has 0 radical (unpaired) electrons. The Labute approximate surface area is 91.5 Å². The molecule has 1 fully saturated rings. The molecule has 0 bridgehead atoms. The number of rotatable bonds is 3. The summed E-state index contributed by atoms with van der Waals surface area (Å²) in [4.78, 5) is 0. The van der Waals surface area contributed by atoms with Gasteiger partial charge in [0.05, 0.1) is 17.1 Å². The highest BCUT2D eigenvalue weighted by molar-refractivity contribution is 7.91. The fraction of sp³-hybridized carbons (Fsp3) is 1.00. The lowest BCUT2D eigenvalue weighted by Gasteiger charge is -2.35. The minimum absolute atomic E-state index is 0. The predicted octanol–water partition coefficient (Wildman–Crippen LogP) is 0.351. The third-order valence-electron chi connectivity index (χ3n) is 2.39. The second kappa shape index (κ2) is 5.30. The molecule has 2 N–H and O–H groups in total. The lowest BCUT2D eigenvalue weighted by atomic mass is 10.00. The number of ether oxygens (including phenoxy) is 1. The number of sulfone groups is 1. The largest absolute Gasteiger partial charge is 0.373 e. The second-order valence-corrected chi connectivity index (χ2v) is 5.70. The molecule has 1 aliphatic heterocycles. The summed E-state index contributed by atoms with van der Waals surface area (Å²) in [6, 6.07) is 0. The zero-order valence-electron chi connectivity index (χ0n) is 8.36. The molecule has 1 heterocycles. The fourth-order valence-electron chi connectivity index (χ4n) is 1.80. The molecule has 1 unspecified atom stereocenters. The van der Waals surface area contributed by atoms with Gasteiger partial charge in [-0.25, -0.2) is 8.42 Å². The van der Waals surface area contributed by atoms with Gasteiger partial charge >= 0.3 is 0 Å². The lowest BCUT2D eigenvalue weighted by molar-refractivity contribution is -0.0238. The van der Waals surface area contributed by atoms with Crippen LogP contribution in [0.2, 0.25) is 0 Å². The van der Waals surface area contributed by atoms with Crippen molar-refractivity contribution in [2.45, 2.75) is 25.4 Å². The van der Waals surface area contributed by atoms with Crippen molar-refractivity contribution >= 4 is 22.2 Å². The second-order valence-electron chi connectivity index (χ2n) is 3.52. The lowest BCUT2D eigenvalue weighted by Crippen LogP contribution is -2.50. The van der Waals surface area contributed by atoms with E-state index < -0.39 is 15.4 Å². The average Bonchev–Trinajstić information content (AvgIpc) is 2.03. The minimum atomic E-state index is -2.93. The highest BCUT2D eigenvalue weighted by Crippen LogP contribution is 2.25. The van der Waals surface area contributed by atoms with Crippen LogP contribution >= 0.6 is 12.4 Å². The van der Waals surface area contributed by atoms with Crippen molar-refractivity contribution in [3.05, 3.63) is 0 Å². The van der Waals surface area contributed by atoms with Crippen molar-refractivity contribution in [3.63, 3.8) is 0 Å². The number of hydrogen-bond donors (Lipinski definition) is 1. The van der Waals surface area contributed by atoms with E-state index in [9.17, 15) is 8.42 Å². The summed E-state index contributed by atoms with van der Waals surface area (Å²) in [5, 5.41) is 0. The summed E-state index contributed by atoms with van der Waals surface area (Å²) >= 11 is 0. The van der Waals surface area contributed by atoms with Gasteiger partial charge in [0.2, 0.25) is 0 Å². The Morgan fingerprint density at radius 3 is 2.57 bits per heavy atom. The summed E-state index contributed by atoms with van der Waals surface area (Å²) < 4.78 is 28.2. The molecule has 0 saturated carbocycles. The van der Waals surface area contributed by atoms with E-state index in [1.165, 1.54) is 0 Å². The fourth-order valence-corrected chi connectivity index (χ4v) is 3.67. The molecule has 86 valence electrons. The maximum Gasteiger partial charge on any atom is 0.153 e. The third kappa shape index (κ3) is 3.38. The van der Waals surface area contributed by atoms with Crippen molar-refractivity contribution in [1.82, 2.24) is 0 Å². The molecular weight excluding hydrogens is 226 g/mol. The normalized spacial score (nSPS) is 30.7. The van der Waals surface area contributed by atoms with Gasteiger partial charge < -0.3 is 10.5 Å². The van der Waals surface area contributed by atoms with Gasteiger partial charge in [0.1, 0.15) is 0 Å². The standard InChI is InChI=1S/C8H17NO3S.ClH/c1-2-12-8(6-9)4-3-5-13(10,11)7-8;/h2-7,9H2,1H3;1H. The Kier molecular flexibility index (Phi) is 5.36. The summed E-state index contributed by atoms with van der Waals surface area (Å²) in [6.07, 6.45) is 1.43. The summed E-state index contributed by atoms with van der Waals surface area (Å²) in [7, 11) is -2.93. The van der Waals surface area contributed by atoms with E-state index in [1.807, 2.05) is 6.92 Å². The molecule has 0 aliphatic carbocycles. The minimum Gasteiger partial charge on any atom is -0.373 e.